The molecule has 26 heavy (non-hydrogen) atoms. The summed E-state index contributed by atoms with van der Waals surface area (Å²) >= 11 is 11.9. The predicted molar refractivity (Wildman–Crippen MR) is 97.5 cm³/mol. The molecule has 1 N–H and O–H groups in total. The van der Waals surface area contributed by atoms with Gasteiger partial charge in [0.2, 0.25) is 17.7 Å². The van der Waals surface area contributed by atoms with E-state index in [-0.39, 0.29) is 54.0 Å². The SMILES string of the molecule is CC(NC(=O)CN1C(=O)C2C3C=CC(C3)C2C1=O)c1ccc(Cl)c(Cl)c1. The summed E-state index contributed by atoms with van der Waals surface area (Å²) < 4.78 is 0. The predicted octanol–water partition coefficient (Wildman–Crippen LogP) is 2.98. The summed E-state index contributed by atoms with van der Waals surface area (Å²) in [5.74, 6) is -1.07. The highest BCUT2D eigenvalue weighted by atomic mass is 35.5. The molecule has 1 saturated carbocycles. The topological polar surface area (TPSA) is 66.5 Å². The van der Waals surface area contributed by atoms with Crippen LogP contribution in [0.4, 0.5) is 0 Å². The second-order valence-electron chi connectivity index (χ2n) is 7.23. The molecule has 0 aromatic heterocycles. The maximum Gasteiger partial charge on any atom is 0.240 e. The van der Waals surface area contributed by atoms with E-state index in [9.17, 15) is 14.4 Å². The van der Waals surface area contributed by atoms with Gasteiger partial charge in [0.15, 0.2) is 0 Å². The Labute approximate surface area is 161 Å². The standard InChI is InChI=1S/C19H18Cl2N2O3/c1-9(10-4-5-13(20)14(21)7-10)22-15(24)8-23-18(25)16-11-2-3-12(6-11)17(16)19(23)26/h2-5,7,9,11-12,16-17H,6,8H2,1H3,(H,22,24). The first-order valence-corrected chi connectivity index (χ1v) is 9.40. The quantitative estimate of drug-likeness (QED) is 0.632. The van der Waals surface area contributed by atoms with E-state index in [1.165, 1.54) is 0 Å². The molecule has 2 aliphatic carbocycles. The van der Waals surface area contributed by atoms with Crippen molar-refractivity contribution in [1.29, 1.82) is 0 Å². The van der Waals surface area contributed by atoms with E-state index in [0.717, 1.165) is 16.9 Å². The number of benzene rings is 1. The maximum absolute atomic E-state index is 12.6. The minimum absolute atomic E-state index is 0.143. The number of halogens is 2. The molecule has 5 unspecified atom stereocenters. The fourth-order valence-corrected chi connectivity index (χ4v) is 4.72. The zero-order valence-corrected chi connectivity index (χ0v) is 15.6. The minimum Gasteiger partial charge on any atom is -0.348 e. The largest absolute Gasteiger partial charge is 0.348 e. The maximum atomic E-state index is 12.6. The lowest BCUT2D eigenvalue weighted by atomic mass is 9.85. The molecule has 3 amide bonds. The smallest absolute Gasteiger partial charge is 0.240 e. The van der Waals surface area contributed by atoms with Crippen LogP contribution in [0.2, 0.25) is 10.0 Å². The van der Waals surface area contributed by atoms with Crippen molar-refractivity contribution in [2.75, 3.05) is 6.54 Å². The van der Waals surface area contributed by atoms with Crippen LogP contribution in [0, 0.1) is 23.7 Å². The zero-order valence-electron chi connectivity index (χ0n) is 14.1. The first-order chi connectivity index (χ1) is 12.4. The lowest BCUT2D eigenvalue weighted by Crippen LogP contribution is -2.42. The Morgan fingerprint density at radius 2 is 1.77 bits per heavy atom. The molecule has 1 saturated heterocycles. The van der Waals surface area contributed by atoms with Crippen molar-refractivity contribution in [3.8, 4) is 0 Å². The van der Waals surface area contributed by atoms with E-state index in [2.05, 4.69) is 5.32 Å². The zero-order chi connectivity index (χ0) is 18.6. The van der Waals surface area contributed by atoms with Crippen LogP contribution in [0.15, 0.2) is 30.4 Å². The van der Waals surface area contributed by atoms with Gasteiger partial charge in [-0.3, -0.25) is 19.3 Å². The molecule has 7 heteroatoms. The van der Waals surface area contributed by atoms with Crippen LogP contribution in [0.25, 0.3) is 0 Å². The van der Waals surface area contributed by atoms with Crippen LogP contribution in [-0.4, -0.2) is 29.2 Å². The summed E-state index contributed by atoms with van der Waals surface area (Å²) in [6.07, 6.45) is 4.95. The lowest BCUT2D eigenvalue weighted by Gasteiger charge is -2.19. The minimum atomic E-state index is -0.370. The van der Waals surface area contributed by atoms with Crippen molar-refractivity contribution in [1.82, 2.24) is 10.2 Å². The summed E-state index contributed by atoms with van der Waals surface area (Å²) in [6.45, 7) is 1.57. The van der Waals surface area contributed by atoms with Crippen molar-refractivity contribution in [3.63, 3.8) is 0 Å². The van der Waals surface area contributed by atoms with E-state index in [4.69, 9.17) is 23.2 Å². The second-order valence-corrected chi connectivity index (χ2v) is 8.04. The number of imide groups is 1. The number of likely N-dealkylation sites (tertiary alicyclic amines) is 1. The molecule has 1 aromatic rings. The number of hydrogen-bond donors (Lipinski definition) is 1. The number of allylic oxidation sites excluding steroid dienone is 2. The van der Waals surface area contributed by atoms with E-state index in [1.54, 1.807) is 18.2 Å². The highest BCUT2D eigenvalue weighted by molar-refractivity contribution is 6.42. The van der Waals surface area contributed by atoms with Crippen LogP contribution in [-0.2, 0) is 14.4 Å². The fraction of sp³-hybridized carbons (Fsp3) is 0.421. The van der Waals surface area contributed by atoms with Crippen LogP contribution < -0.4 is 5.32 Å². The van der Waals surface area contributed by atoms with Gasteiger partial charge in [-0.2, -0.15) is 0 Å². The molecule has 1 aliphatic heterocycles. The number of carbonyl (C=O) groups excluding carboxylic acids is 3. The molecule has 2 bridgehead atoms. The van der Waals surface area contributed by atoms with Crippen LogP contribution in [0.5, 0.6) is 0 Å². The van der Waals surface area contributed by atoms with Gasteiger partial charge < -0.3 is 5.32 Å². The summed E-state index contributed by atoms with van der Waals surface area (Å²) in [5, 5.41) is 3.66. The van der Waals surface area contributed by atoms with Gasteiger partial charge in [0.05, 0.1) is 27.9 Å². The summed E-state index contributed by atoms with van der Waals surface area (Å²) in [5.41, 5.74) is 0.797. The molecule has 1 aromatic carbocycles. The van der Waals surface area contributed by atoms with Crippen molar-refractivity contribution < 1.29 is 14.4 Å². The average molecular weight is 393 g/mol. The van der Waals surface area contributed by atoms with Gasteiger partial charge in [-0.25, -0.2) is 0 Å². The molecule has 0 spiro atoms. The number of amides is 3. The third-order valence-corrected chi connectivity index (χ3v) is 6.42. The Morgan fingerprint density at radius 3 is 2.35 bits per heavy atom. The molecule has 3 aliphatic rings. The Hall–Kier alpha value is -1.85. The summed E-state index contributed by atoms with van der Waals surface area (Å²) in [7, 11) is 0. The Kier molecular flexibility index (Phi) is 4.32. The van der Waals surface area contributed by atoms with Gasteiger partial charge in [-0.1, -0.05) is 41.4 Å². The normalized spacial score (nSPS) is 30.0. The number of carbonyl (C=O) groups is 3. The van der Waals surface area contributed by atoms with E-state index < -0.39 is 0 Å². The van der Waals surface area contributed by atoms with Crippen LogP contribution >= 0.6 is 23.2 Å². The molecular weight excluding hydrogens is 375 g/mol. The van der Waals surface area contributed by atoms with Gasteiger partial charge in [0, 0.05) is 0 Å². The molecule has 4 rings (SSSR count). The van der Waals surface area contributed by atoms with Gasteiger partial charge in [0.1, 0.15) is 6.54 Å². The summed E-state index contributed by atoms with van der Waals surface area (Å²) in [6, 6.07) is 4.81. The van der Waals surface area contributed by atoms with Gasteiger partial charge in [-0.05, 0) is 42.9 Å². The van der Waals surface area contributed by atoms with E-state index >= 15 is 0 Å². The van der Waals surface area contributed by atoms with Crippen molar-refractivity contribution in [2.45, 2.75) is 19.4 Å². The number of hydrogen-bond acceptors (Lipinski definition) is 3. The highest BCUT2D eigenvalue weighted by Crippen LogP contribution is 2.52. The number of rotatable bonds is 4. The van der Waals surface area contributed by atoms with Gasteiger partial charge in [-0.15, -0.1) is 0 Å². The fourth-order valence-electron chi connectivity index (χ4n) is 4.42. The average Bonchev–Trinajstić information content (AvgIpc) is 3.27. The first-order valence-electron chi connectivity index (χ1n) is 8.64. The lowest BCUT2D eigenvalue weighted by molar-refractivity contribution is -0.144. The Bertz CT molecular complexity index is 808. The van der Waals surface area contributed by atoms with E-state index in [1.807, 2.05) is 19.1 Å². The van der Waals surface area contributed by atoms with Gasteiger partial charge in [0.25, 0.3) is 0 Å². The number of nitrogens with one attached hydrogen (secondary N) is 1. The Morgan fingerprint density at radius 1 is 1.15 bits per heavy atom. The second kappa shape index (κ2) is 6.39. The first kappa shape index (κ1) is 17.6. The molecular formula is C19H18Cl2N2O3. The Balaban J connectivity index is 1.41. The van der Waals surface area contributed by atoms with Crippen LogP contribution in [0.1, 0.15) is 24.9 Å². The molecule has 5 nitrogen and oxygen atoms in total. The molecule has 0 radical (unpaired) electrons. The number of fused-ring (bicyclic) bond motifs is 5. The van der Waals surface area contributed by atoms with Crippen molar-refractivity contribution in [2.24, 2.45) is 23.7 Å². The third kappa shape index (κ3) is 2.74. The van der Waals surface area contributed by atoms with Crippen LogP contribution in [0.3, 0.4) is 0 Å². The third-order valence-electron chi connectivity index (χ3n) is 5.68. The monoisotopic (exact) mass is 392 g/mol. The van der Waals surface area contributed by atoms with Crippen molar-refractivity contribution in [3.05, 3.63) is 46.0 Å². The van der Waals surface area contributed by atoms with E-state index in [0.29, 0.717) is 10.0 Å². The van der Waals surface area contributed by atoms with Crippen molar-refractivity contribution >= 4 is 40.9 Å². The molecule has 2 fully saturated rings. The molecule has 136 valence electrons. The summed E-state index contributed by atoms with van der Waals surface area (Å²) in [4.78, 5) is 38.8. The van der Waals surface area contributed by atoms with Gasteiger partial charge >= 0.3 is 0 Å². The molecule has 5 atom stereocenters. The number of nitrogens with zero attached hydrogens (tertiary/aromatic N) is 1. The highest BCUT2D eigenvalue weighted by Gasteiger charge is 2.59. The molecule has 1 heterocycles.